The summed E-state index contributed by atoms with van der Waals surface area (Å²) in [6, 6.07) is 18.0. The zero-order valence-electron chi connectivity index (χ0n) is 14.4. The number of hydrogen-bond donors (Lipinski definition) is 1. The summed E-state index contributed by atoms with van der Waals surface area (Å²) in [7, 11) is 0. The molecule has 0 saturated heterocycles. The summed E-state index contributed by atoms with van der Waals surface area (Å²) >= 11 is 5.78. The Balaban J connectivity index is 1.55. The average molecular weight is 397 g/mol. The molecule has 0 aliphatic rings. The number of halogens is 2. The molecule has 0 aliphatic carbocycles. The van der Waals surface area contributed by atoms with E-state index in [2.05, 4.69) is 10.5 Å². The van der Waals surface area contributed by atoms with Crippen molar-refractivity contribution in [3.8, 4) is 5.75 Å². The number of rotatable bonds is 5. The molecule has 3 aromatic carbocycles. The summed E-state index contributed by atoms with van der Waals surface area (Å²) in [5.41, 5.74) is 3.79. The number of hydrogen-bond acceptors (Lipinski definition) is 4. The molecule has 1 amide bonds. The average Bonchev–Trinajstić information content (AvgIpc) is 2.70. The van der Waals surface area contributed by atoms with Crippen LogP contribution in [0.4, 0.5) is 4.39 Å². The van der Waals surface area contributed by atoms with Crippen molar-refractivity contribution in [2.75, 3.05) is 0 Å². The first-order chi connectivity index (χ1) is 13.5. The molecule has 0 atom stereocenters. The third-order valence-electron chi connectivity index (χ3n) is 3.66. The second-order valence-corrected chi connectivity index (χ2v) is 6.11. The maximum Gasteiger partial charge on any atom is 0.343 e. The summed E-state index contributed by atoms with van der Waals surface area (Å²) in [4.78, 5) is 23.9. The standard InChI is InChI=1S/C21H14ClFN2O3/c22-17-7-3-15(4-8-17)20(26)25-24-13-14-1-11-19(12-2-14)28-21(27)16-5-9-18(23)10-6-16/h1-13H,(H,25,26)/b24-13+. The molecule has 5 nitrogen and oxygen atoms in total. The molecule has 140 valence electrons. The molecule has 3 aromatic rings. The Hall–Kier alpha value is -3.51. The Bertz CT molecular complexity index is 1000. The number of benzene rings is 3. The third kappa shape index (κ3) is 5.25. The van der Waals surface area contributed by atoms with Crippen LogP contribution in [0.3, 0.4) is 0 Å². The van der Waals surface area contributed by atoms with E-state index < -0.39 is 11.8 Å². The highest BCUT2D eigenvalue weighted by Gasteiger charge is 2.08. The minimum atomic E-state index is -0.586. The zero-order valence-corrected chi connectivity index (χ0v) is 15.2. The Morgan fingerprint density at radius 1 is 0.893 bits per heavy atom. The van der Waals surface area contributed by atoms with Crippen LogP contribution in [0.15, 0.2) is 77.9 Å². The Morgan fingerprint density at radius 3 is 2.14 bits per heavy atom. The molecule has 0 fully saturated rings. The van der Waals surface area contributed by atoms with Crippen LogP contribution < -0.4 is 10.2 Å². The van der Waals surface area contributed by atoms with E-state index in [1.165, 1.54) is 30.5 Å². The van der Waals surface area contributed by atoms with E-state index in [0.29, 0.717) is 21.9 Å². The van der Waals surface area contributed by atoms with Gasteiger partial charge < -0.3 is 4.74 Å². The Kier molecular flexibility index (Phi) is 6.14. The van der Waals surface area contributed by atoms with E-state index in [1.807, 2.05) is 0 Å². The number of carbonyl (C=O) groups excluding carboxylic acids is 2. The van der Waals surface area contributed by atoms with Gasteiger partial charge in [0.05, 0.1) is 11.8 Å². The lowest BCUT2D eigenvalue weighted by molar-refractivity contribution is 0.0734. The zero-order chi connectivity index (χ0) is 19.9. The van der Waals surface area contributed by atoms with E-state index in [-0.39, 0.29) is 11.5 Å². The van der Waals surface area contributed by atoms with Gasteiger partial charge in [0.25, 0.3) is 5.91 Å². The van der Waals surface area contributed by atoms with Crippen LogP contribution in [-0.4, -0.2) is 18.1 Å². The summed E-state index contributed by atoms with van der Waals surface area (Å²) in [5, 5.41) is 4.43. The molecule has 0 saturated carbocycles. The highest BCUT2D eigenvalue weighted by Crippen LogP contribution is 2.14. The first kappa shape index (κ1) is 19.3. The summed E-state index contributed by atoms with van der Waals surface area (Å²) in [6.45, 7) is 0. The molecule has 0 heterocycles. The van der Waals surface area contributed by atoms with Crippen molar-refractivity contribution in [1.82, 2.24) is 5.43 Å². The van der Waals surface area contributed by atoms with Crippen molar-refractivity contribution in [2.45, 2.75) is 0 Å². The van der Waals surface area contributed by atoms with Crippen molar-refractivity contribution >= 4 is 29.7 Å². The number of esters is 1. The molecular formula is C21H14ClFN2O3. The summed E-state index contributed by atoms with van der Waals surface area (Å²) < 4.78 is 18.1. The van der Waals surface area contributed by atoms with Crippen LogP contribution >= 0.6 is 11.6 Å². The van der Waals surface area contributed by atoms with Gasteiger partial charge in [-0.05, 0) is 78.4 Å². The lowest BCUT2D eigenvalue weighted by Crippen LogP contribution is -2.17. The number of nitrogens with zero attached hydrogens (tertiary/aromatic N) is 1. The molecular weight excluding hydrogens is 383 g/mol. The first-order valence-corrected chi connectivity index (χ1v) is 8.56. The SMILES string of the molecule is O=C(N/N=C/c1ccc(OC(=O)c2ccc(F)cc2)cc1)c1ccc(Cl)cc1. The molecule has 0 unspecified atom stereocenters. The Morgan fingerprint density at radius 2 is 1.50 bits per heavy atom. The molecule has 0 spiro atoms. The van der Waals surface area contributed by atoms with Gasteiger partial charge in [-0.25, -0.2) is 14.6 Å². The molecule has 0 aliphatic heterocycles. The first-order valence-electron chi connectivity index (χ1n) is 8.18. The van der Waals surface area contributed by atoms with Gasteiger partial charge in [0.2, 0.25) is 0 Å². The topological polar surface area (TPSA) is 67.8 Å². The highest BCUT2D eigenvalue weighted by molar-refractivity contribution is 6.30. The van der Waals surface area contributed by atoms with Crippen molar-refractivity contribution in [3.05, 3.63) is 100 Å². The lowest BCUT2D eigenvalue weighted by Gasteiger charge is -2.04. The quantitative estimate of drug-likeness (QED) is 0.299. The molecule has 3 rings (SSSR count). The monoisotopic (exact) mass is 396 g/mol. The van der Waals surface area contributed by atoms with E-state index in [1.54, 1.807) is 48.5 Å². The maximum atomic E-state index is 12.9. The van der Waals surface area contributed by atoms with Gasteiger partial charge >= 0.3 is 5.97 Å². The minimum Gasteiger partial charge on any atom is -0.423 e. The molecule has 1 N–H and O–H groups in total. The number of amides is 1. The van der Waals surface area contributed by atoms with Crippen LogP contribution in [0.5, 0.6) is 5.75 Å². The van der Waals surface area contributed by atoms with Gasteiger partial charge in [0.1, 0.15) is 11.6 Å². The molecule has 28 heavy (non-hydrogen) atoms. The predicted octanol–water partition coefficient (Wildman–Crippen LogP) is 4.46. The maximum absolute atomic E-state index is 12.9. The molecule has 7 heteroatoms. The van der Waals surface area contributed by atoms with E-state index in [9.17, 15) is 14.0 Å². The van der Waals surface area contributed by atoms with Gasteiger partial charge in [-0.15, -0.1) is 0 Å². The molecule has 0 bridgehead atoms. The number of nitrogens with one attached hydrogen (secondary N) is 1. The van der Waals surface area contributed by atoms with E-state index >= 15 is 0 Å². The predicted molar refractivity (Wildman–Crippen MR) is 104 cm³/mol. The van der Waals surface area contributed by atoms with Crippen LogP contribution in [0, 0.1) is 5.82 Å². The fourth-order valence-corrected chi connectivity index (χ4v) is 2.33. The van der Waals surface area contributed by atoms with Crippen molar-refractivity contribution < 1.29 is 18.7 Å². The van der Waals surface area contributed by atoms with Crippen molar-refractivity contribution in [1.29, 1.82) is 0 Å². The van der Waals surface area contributed by atoms with Gasteiger partial charge in [0.15, 0.2) is 0 Å². The minimum absolute atomic E-state index is 0.247. The normalized spacial score (nSPS) is 10.6. The highest BCUT2D eigenvalue weighted by atomic mass is 35.5. The van der Waals surface area contributed by atoms with Gasteiger partial charge in [-0.3, -0.25) is 4.79 Å². The van der Waals surface area contributed by atoms with E-state index in [0.717, 1.165) is 0 Å². The molecule has 0 radical (unpaired) electrons. The Labute approximate surface area is 165 Å². The number of ether oxygens (including phenoxy) is 1. The van der Waals surface area contributed by atoms with Gasteiger partial charge in [-0.1, -0.05) is 11.6 Å². The van der Waals surface area contributed by atoms with Crippen molar-refractivity contribution in [3.63, 3.8) is 0 Å². The second kappa shape index (κ2) is 8.92. The largest absolute Gasteiger partial charge is 0.423 e. The van der Waals surface area contributed by atoms with Crippen LogP contribution in [-0.2, 0) is 0 Å². The van der Waals surface area contributed by atoms with E-state index in [4.69, 9.17) is 16.3 Å². The summed E-state index contributed by atoms with van der Waals surface area (Å²) in [5.74, 6) is -1.05. The van der Waals surface area contributed by atoms with Crippen LogP contribution in [0.2, 0.25) is 5.02 Å². The van der Waals surface area contributed by atoms with Crippen LogP contribution in [0.1, 0.15) is 26.3 Å². The summed E-state index contributed by atoms with van der Waals surface area (Å²) in [6.07, 6.45) is 1.46. The van der Waals surface area contributed by atoms with Crippen molar-refractivity contribution in [2.24, 2.45) is 5.10 Å². The fourth-order valence-electron chi connectivity index (χ4n) is 2.21. The van der Waals surface area contributed by atoms with Crippen LogP contribution in [0.25, 0.3) is 0 Å². The lowest BCUT2D eigenvalue weighted by atomic mass is 10.2. The third-order valence-corrected chi connectivity index (χ3v) is 3.91. The number of hydrazone groups is 1. The number of carbonyl (C=O) groups is 2. The smallest absolute Gasteiger partial charge is 0.343 e. The molecule has 0 aromatic heterocycles. The second-order valence-electron chi connectivity index (χ2n) is 5.67. The fraction of sp³-hybridized carbons (Fsp3) is 0. The van der Waals surface area contributed by atoms with Gasteiger partial charge in [0, 0.05) is 10.6 Å². The van der Waals surface area contributed by atoms with Gasteiger partial charge in [-0.2, -0.15) is 5.10 Å².